The van der Waals surface area contributed by atoms with Crippen LogP contribution in [0.4, 0.5) is 0 Å². The summed E-state index contributed by atoms with van der Waals surface area (Å²) in [6, 6.07) is 0.144. The molecule has 2 atom stereocenters. The van der Waals surface area contributed by atoms with Gasteiger partial charge in [-0.1, -0.05) is 0 Å². The van der Waals surface area contributed by atoms with Crippen LogP contribution in [0.1, 0.15) is 6.42 Å². The van der Waals surface area contributed by atoms with E-state index in [1.165, 1.54) is 6.07 Å². The molecule has 6 nitrogen and oxygen atoms in total. The number of carboxylic acids is 2. The maximum atomic E-state index is 10.2. The van der Waals surface area contributed by atoms with Gasteiger partial charge in [0, 0.05) is 0 Å². The van der Waals surface area contributed by atoms with Gasteiger partial charge in [-0.15, -0.1) is 0 Å². The van der Waals surface area contributed by atoms with Gasteiger partial charge in [-0.25, -0.2) is 0 Å². The summed E-state index contributed by atoms with van der Waals surface area (Å²) in [5, 5.41) is 24.9. The average molecular weight is 172 g/mol. The predicted octanol–water partition coefficient (Wildman–Crippen LogP) is -0.987. The van der Waals surface area contributed by atoms with Crippen LogP contribution in [0.15, 0.2) is 0 Å². The van der Waals surface area contributed by atoms with E-state index in [-0.39, 0.29) is 6.42 Å². The molecule has 0 saturated carbocycles. The fourth-order valence-corrected chi connectivity index (χ4v) is 0.563. The summed E-state index contributed by atoms with van der Waals surface area (Å²) in [5.41, 5.74) is 5.02. The molecule has 0 saturated heterocycles. The highest BCUT2D eigenvalue weighted by Crippen LogP contribution is 2.04. The summed E-state index contributed by atoms with van der Waals surface area (Å²) in [5.74, 6) is -4.01. The van der Waals surface area contributed by atoms with Gasteiger partial charge < -0.3 is 15.9 Å². The van der Waals surface area contributed by atoms with Gasteiger partial charge in [-0.2, -0.15) is 5.26 Å². The van der Waals surface area contributed by atoms with Gasteiger partial charge in [0.15, 0.2) is 0 Å². The Balaban J connectivity index is 4.15. The van der Waals surface area contributed by atoms with Crippen LogP contribution in [0.3, 0.4) is 0 Å². The van der Waals surface area contributed by atoms with Crippen LogP contribution in [-0.4, -0.2) is 28.2 Å². The summed E-state index contributed by atoms with van der Waals surface area (Å²) < 4.78 is 0. The van der Waals surface area contributed by atoms with Crippen molar-refractivity contribution in [2.45, 2.75) is 12.5 Å². The number of carbonyl (C=O) groups is 2. The Kier molecular flexibility index (Phi) is 3.73. The van der Waals surface area contributed by atoms with Crippen LogP contribution < -0.4 is 5.73 Å². The van der Waals surface area contributed by atoms with Gasteiger partial charge in [0.25, 0.3) is 0 Å². The lowest BCUT2D eigenvalue weighted by Crippen LogP contribution is -2.33. The minimum atomic E-state index is -1.35. The number of nitrogens with zero attached hydrogens (tertiary/aromatic N) is 1. The summed E-state index contributed by atoms with van der Waals surface area (Å²) in [7, 11) is 0. The van der Waals surface area contributed by atoms with Crippen molar-refractivity contribution in [3.8, 4) is 6.07 Å². The lowest BCUT2D eigenvalue weighted by atomic mass is 10.0. The summed E-state index contributed by atoms with van der Waals surface area (Å²) in [6.45, 7) is 0. The van der Waals surface area contributed by atoms with Gasteiger partial charge >= 0.3 is 11.9 Å². The standard InChI is InChI=1S/C6H8N2O4/c7-2-3(5(9)10)1-4(8)6(11)12/h3-4H,1,8H2,(H,9,10)(H,11,12)/t3?,4-/m0/s1. The normalized spacial score (nSPS) is 14.3. The highest BCUT2D eigenvalue weighted by atomic mass is 16.4. The van der Waals surface area contributed by atoms with Crippen LogP contribution in [0.25, 0.3) is 0 Å². The fourth-order valence-electron chi connectivity index (χ4n) is 0.563. The SMILES string of the molecule is N#CC(C[C@H](N)C(=O)O)C(=O)O. The molecule has 6 heteroatoms. The van der Waals surface area contributed by atoms with Gasteiger partial charge in [0.1, 0.15) is 12.0 Å². The van der Waals surface area contributed by atoms with Crippen molar-refractivity contribution in [1.82, 2.24) is 0 Å². The first kappa shape index (κ1) is 10.4. The molecule has 66 valence electrons. The minimum Gasteiger partial charge on any atom is -0.480 e. The molecule has 0 heterocycles. The molecular weight excluding hydrogens is 164 g/mol. The number of rotatable bonds is 4. The minimum absolute atomic E-state index is 0.374. The van der Waals surface area contributed by atoms with Crippen molar-refractivity contribution in [2.24, 2.45) is 11.7 Å². The Morgan fingerprint density at radius 3 is 2.17 bits per heavy atom. The highest BCUT2D eigenvalue weighted by molar-refractivity contribution is 5.77. The molecule has 0 amide bonds. The van der Waals surface area contributed by atoms with Gasteiger partial charge in [0.05, 0.1) is 6.07 Å². The zero-order chi connectivity index (χ0) is 9.72. The Labute approximate surface area is 68.2 Å². The fraction of sp³-hybridized carbons (Fsp3) is 0.500. The number of carboxylic acid groups (broad SMARTS) is 2. The summed E-state index contributed by atoms with van der Waals surface area (Å²) in [6.07, 6.45) is -0.374. The van der Waals surface area contributed by atoms with Crippen molar-refractivity contribution in [2.75, 3.05) is 0 Å². The predicted molar refractivity (Wildman–Crippen MR) is 37.0 cm³/mol. The lowest BCUT2D eigenvalue weighted by Gasteiger charge is -2.06. The second kappa shape index (κ2) is 4.31. The van der Waals surface area contributed by atoms with Crippen LogP contribution in [0.2, 0.25) is 0 Å². The third kappa shape index (κ3) is 2.98. The largest absolute Gasteiger partial charge is 0.480 e. The maximum Gasteiger partial charge on any atom is 0.320 e. The first-order valence-electron chi connectivity index (χ1n) is 3.09. The monoisotopic (exact) mass is 172 g/mol. The quantitative estimate of drug-likeness (QED) is 0.500. The van der Waals surface area contributed by atoms with Crippen molar-refractivity contribution in [3.05, 3.63) is 0 Å². The van der Waals surface area contributed by atoms with E-state index in [0.717, 1.165) is 0 Å². The molecule has 4 N–H and O–H groups in total. The van der Waals surface area contributed by atoms with E-state index >= 15 is 0 Å². The maximum absolute atomic E-state index is 10.2. The number of aliphatic carboxylic acids is 2. The van der Waals surface area contributed by atoms with E-state index in [1.54, 1.807) is 0 Å². The molecule has 0 aromatic carbocycles. The van der Waals surface area contributed by atoms with Gasteiger partial charge in [-0.3, -0.25) is 9.59 Å². The van der Waals surface area contributed by atoms with Crippen LogP contribution >= 0.6 is 0 Å². The second-order valence-electron chi connectivity index (χ2n) is 2.20. The number of hydrogen-bond acceptors (Lipinski definition) is 4. The molecule has 0 rings (SSSR count). The van der Waals surface area contributed by atoms with E-state index in [4.69, 9.17) is 21.2 Å². The van der Waals surface area contributed by atoms with E-state index in [0.29, 0.717) is 0 Å². The van der Waals surface area contributed by atoms with Crippen molar-refractivity contribution < 1.29 is 19.8 Å². The molecule has 0 aliphatic carbocycles. The summed E-state index contributed by atoms with van der Waals surface area (Å²) >= 11 is 0. The number of nitriles is 1. The molecule has 0 aliphatic heterocycles. The van der Waals surface area contributed by atoms with E-state index in [9.17, 15) is 9.59 Å². The summed E-state index contributed by atoms with van der Waals surface area (Å²) in [4.78, 5) is 20.4. The molecule has 0 spiro atoms. The molecule has 0 bridgehead atoms. The molecule has 0 aromatic heterocycles. The van der Waals surface area contributed by atoms with Gasteiger partial charge in [0.2, 0.25) is 0 Å². The molecule has 0 aromatic rings. The molecule has 1 unspecified atom stereocenters. The first-order valence-corrected chi connectivity index (χ1v) is 3.09. The Morgan fingerprint density at radius 1 is 1.42 bits per heavy atom. The van der Waals surface area contributed by atoms with Crippen molar-refractivity contribution >= 4 is 11.9 Å². The third-order valence-corrected chi connectivity index (χ3v) is 1.26. The zero-order valence-electron chi connectivity index (χ0n) is 6.10. The van der Waals surface area contributed by atoms with Crippen LogP contribution in [0.5, 0.6) is 0 Å². The first-order chi connectivity index (χ1) is 5.49. The topological polar surface area (TPSA) is 124 Å². The van der Waals surface area contributed by atoms with Crippen molar-refractivity contribution in [1.29, 1.82) is 5.26 Å². The lowest BCUT2D eigenvalue weighted by molar-refractivity contribution is -0.141. The number of nitrogens with two attached hydrogens (primary N) is 1. The van der Waals surface area contributed by atoms with E-state index in [2.05, 4.69) is 0 Å². The smallest absolute Gasteiger partial charge is 0.320 e. The van der Waals surface area contributed by atoms with Crippen LogP contribution in [-0.2, 0) is 9.59 Å². The van der Waals surface area contributed by atoms with E-state index < -0.39 is 23.9 Å². The van der Waals surface area contributed by atoms with Crippen molar-refractivity contribution in [3.63, 3.8) is 0 Å². The molecular formula is C6H8N2O4. The molecule has 0 aliphatic rings. The van der Waals surface area contributed by atoms with Crippen LogP contribution in [0, 0.1) is 17.2 Å². The highest BCUT2D eigenvalue weighted by Gasteiger charge is 2.23. The second-order valence-corrected chi connectivity index (χ2v) is 2.20. The Hall–Kier alpha value is -1.61. The number of hydrogen-bond donors (Lipinski definition) is 3. The Morgan fingerprint density at radius 2 is 1.92 bits per heavy atom. The van der Waals surface area contributed by atoms with Gasteiger partial charge in [-0.05, 0) is 6.42 Å². The third-order valence-electron chi connectivity index (χ3n) is 1.26. The average Bonchev–Trinajstić information content (AvgIpc) is 1.98. The zero-order valence-corrected chi connectivity index (χ0v) is 6.10. The molecule has 0 radical (unpaired) electrons. The van der Waals surface area contributed by atoms with E-state index in [1.807, 2.05) is 0 Å². The molecule has 12 heavy (non-hydrogen) atoms. The Bertz CT molecular complexity index is 232. The molecule has 0 fully saturated rings.